The Kier molecular flexibility index (Phi) is 12.0. The van der Waals surface area contributed by atoms with Gasteiger partial charge in [-0.2, -0.15) is 5.10 Å². The number of esters is 1. The number of carboxylic acid groups (broad SMARTS) is 1. The van der Waals surface area contributed by atoms with Crippen molar-refractivity contribution in [1.82, 2.24) is 19.9 Å². The number of benzene rings is 3. The van der Waals surface area contributed by atoms with Gasteiger partial charge in [-0.25, -0.2) is 19.1 Å². The molecule has 14 nitrogen and oxygen atoms in total. The third-order valence-corrected chi connectivity index (χ3v) is 9.76. The number of carbonyl (C=O) groups is 4. The maximum Gasteiger partial charge on any atom is 0.354 e. The Balaban J connectivity index is 0.000000317. The van der Waals surface area contributed by atoms with Gasteiger partial charge in [-0.05, 0) is 93.1 Å². The minimum Gasteiger partial charge on any atom is -0.477 e. The minimum absolute atomic E-state index is 0.0384. The fourth-order valence-electron chi connectivity index (χ4n) is 6.66. The van der Waals surface area contributed by atoms with Crippen LogP contribution in [-0.2, 0) is 22.4 Å². The summed E-state index contributed by atoms with van der Waals surface area (Å²) < 4.78 is 12.0. The summed E-state index contributed by atoms with van der Waals surface area (Å²) in [6, 6.07) is 19.2. The zero-order chi connectivity index (χ0) is 40.1. The number of anilines is 2. The molecule has 2 amide bonds. The summed E-state index contributed by atoms with van der Waals surface area (Å²) >= 11 is 6.15. The van der Waals surface area contributed by atoms with Crippen LogP contribution < -0.4 is 21.3 Å². The molecule has 5 aromatic rings. The number of nitrogens with zero attached hydrogens (tertiary/aromatic N) is 4. The number of carboxylic acids is 1. The number of para-hydroxylation sites is 1. The zero-order valence-corrected chi connectivity index (χ0v) is 32.4. The van der Waals surface area contributed by atoms with Crippen molar-refractivity contribution in [3.05, 3.63) is 123 Å². The number of nitrogens with two attached hydrogens (primary N) is 1. The van der Waals surface area contributed by atoms with Crippen LogP contribution in [0.5, 0.6) is 0 Å². The van der Waals surface area contributed by atoms with Crippen LogP contribution in [0.25, 0.3) is 5.65 Å². The summed E-state index contributed by atoms with van der Waals surface area (Å²) in [6.45, 7) is 11.5. The molecular formula is C41H44ClN7O7. The Morgan fingerprint density at radius 2 is 1.75 bits per heavy atom. The first kappa shape index (κ1) is 39.9. The molecule has 292 valence electrons. The van der Waals surface area contributed by atoms with Crippen LogP contribution in [0.3, 0.4) is 0 Å². The molecule has 1 fully saturated rings. The van der Waals surface area contributed by atoms with Gasteiger partial charge < -0.3 is 35.8 Å². The Morgan fingerprint density at radius 1 is 1.00 bits per heavy atom. The van der Waals surface area contributed by atoms with Gasteiger partial charge in [0.2, 0.25) is 0 Å². The van der Waals surface area contributed by atoms with E-state index in [9.17, 15) is 24.3 Å². The van der Waals surface area contributed by atoms with E-state index in [0.29, 0.717) is 35.7 Å². The summed E-state index contributed by atoms with van der Waals surface area (Å²) in [5, 5.41) is 19.8. The first-order chi connectivity index (χ1) is 26.7. The number of rotatable bonds is 8. The first-order valence-corrected chi connectivity index (χ1v) is 18.6. The lowest BCUT2D eigenvalue weighted by atomic mass is 9.97. The van der Waals surface area contributed by atoms with Crippen molar-refractivity contribution in [2.24, 2.45) is 5.73 Å². The van der Waals surface area contributed by atoms with E-state index in [1.165, 1.54) is 17.4 Å². The molecule has 1 saturated heterocycles. The quantitative estimate of drug-likeness (QED) is 0.135. The summed E-state index contributed by atoms with van der Waals surface area (Å²) in [5.74, 6) is -3.01. The van der Waals surface area contributed by atoms with Crippen LogP contribution >= 0.6 is 11.6 Å². The van der Waals surface area contributed by atoms with Crippen molar-refractivity contribution in [3.8, 4) is 0 Å². The average molecular weight is 782 g/mol. The van der Waals surface area contributed by atoms with Gasteiger partial charge in [0, 0.05) is 31.4 Å². The predicted octanol–water partition coefficient (Wildman–Crippen LogP) is 6.00. The molecule has 56 heavy (non-hydrogen) atoms. The van der Waals surface area contributed by atoms with Gasteiger partial charge in [0.15, 0.2) is 11.3 Å². The van der Waals surface area contributed by atoms with Crippen molar-refractivity contribution in [2.45, 2.75) is 58.7 Å². The molecule has 7 rings (SSSR count). The number of carbonyl (C=O) groups excluding carboxylic acids is 3. The summed E-state index contributed by atoms with van der Waals surface area (Å²) in [5.41, 5.74) is 10.2. The fraction of sp³-hybridized carbons (Fsp3) is 0.317. The van der Waals surface area contributed by atoms with E-state index in [2.05, 4.69) is 49.9 Å². The van der Waals surface area contributed by atoms with Gasteiger partial charge in [0.25, 0.3) is 11.8 Å². The molecule has 0 spiro atoms. The van der Waals surface area contributed by atoms with Crippen LogP contribution in [0, 0.1) is 6.92 Å². The number of fused-ring (bicyclic) bond motifs is 2. The SMILES string of the molecule is Cc1c(C(=O)OC(C)(C)C)ccc2c1CC[C@@H]2NC(=O)c1cc(C(=O)O)nc2c(C(=O)Nc3ccccc3Cl)cnn12.NCc1cccc(N2CCOCC2)c1. The van der Waals surface area contributed by atoms with Gasteiger partial charge in [0.1, 0.15) is 16.9 Å². The van der Waals surface area contributed by atoms with Crippen molar-refractivity contribution in [2.75, 3.05) is 36.5 Å². The highest BCUT2D eigenvalue weighted by Gasteiger charge is 2.31. The number of hydrogen-bond acceptors (Lipinski definition) is 10. The standard InChI is InChI=1S/C30H28ClN5O6.C11H16N2O/c1-15-16-11-12-21(18(16)10-9-17(15)29(41)42-30(2,3)4)34-27(38)24-13-23(28(39)40)33-25-19(14-32-36(24)25)26(37)35-22-8-6-5-7-20(22)31;12-9-10-2-1-3-11(8-10)13-4-6-14-7-5-13/h5-10,13-14,21H,11-12H2,1-4H3,(H,34,38)(H,35,37)(H,39,40);1-3,8H,4-7,9,12H2/t21-;/m0./s1. The second kappa shape index (κ2) is 16.9. The number of halogens is 1. The van der Waals surface area contributed by atoms with Crippen molar-refractivity contribution in [1.29, 1.82) is 0 Å². The van der Waals surface area contributed by atoms with E-state index >= 15 is 0 Å². The van der Waals surface area contributed by atoms with E-state index in [0.717, 1.165) is 53.6 Å². The van der Waals surface area contributed by atoms with Crippen molar-refractivity contribution in [3.63, 3.8) is 0 Å². The highest BCUT2D eigenvalue weighted by Crippen LogP contribution is 2.35. The topological polar surface area (TPSA) is 190 Å². The van der Waals surface area contributed by atoms with Crippen LogP contribution in [0.15, 0.2) is 72.9 Å². The van der Waals surface area contributed by atoms with Gasteiger partial charge in [-0.3, -0.25) is 9.59 Å². The summed E-state index contributed by atoms with van der Waals surface area (Å²) in [7, 11) is 0. The highest BCUT2D eigenvalue weighted by molar-refractivity contribution is 6.34. The lowest BCUT2D eigenvalue weighted by molar-refractivity contribution is 0.00681. The number of amides is 2. The number of hydrogen-bond donors (Lipinski definition) is 4. The number of nitrogens with one attached hydrogen (secondary N) is 2. The Labute approximate surface area is 328 Å². The Hall–Kier alpha value is -5.83. The molecule has 1 aliphatic carbocycles. The van der Waals surface area contributed by atoms with Crippen LogP contribution in [0.4, 0.5) is 11.4 Å². The van der Waals surface area contributed by atoms with Crippen LogP contribution in [0.2, 0.25) is 5.02 Å². The lowest BCUT2D eigenvalue weighted by Crippen LogP contribution is -2.36. The molecule has 15 heteroatoms. The van der Waals surface area contributed by atoms with Gasteiger partial charge in [-0.1, -0.05) is 41.9 Å². The monoisotopic (exact) mass is 781 g/mol. The third kappa shape index (κ3) is 8.99. The lowest BCUT2D eigenvalue weighted by Gasteiger charge is -2.29. The molecule has 2 aromatic heterocycles. The molecule has 5 N–H and O–H groups in total. The first-order valence-electron chi connectivity index (χ1n) is 18.2. The molecule has 3 heterocycles. The molecule has 3 aromatic carbocycles. The Bertz CT molecular complexity index is 2300. The summed E-state index contributed by atoms with van der Waals surface area (Å²) in [6.07, 6.45) is 2.41. The van der Waals surface area contributed by atoms with Gasteiger partial charge in [-0.15, -0.1) is 0 Å². The maximum absolute atomic E-state index is 13.5. The third-order valence-electron chi connectivity index (χ3n) is 9.43. The highest BCUT2D eigenvalue weighted by atomic mass is 35.5. The maximum atomic E-state index is 13.5. The van der Waals surface area contributed by atoms with Crippen LogP contribution in [0.1, 0.15) is 97.2 Å². The van der Waals surface area contributed by atoms with Crippen molar-refractivity contribution < 1.29 is 33.8 Å². The molecule has 0 saturated carbocycles. The van der Waals surface area contributed by atoms with E-state index in [-0.39, 0.29) is 16.9 Å². The normalized spacial score (nSPS) is 15.0. The smallest absolute Gasteiger partial charge is 0.354 e. The fourth-order valence-corrected chi connectivity index (χ4v) is 6.85. The zero-order valence-electron chi connectivity index (χ0n) is 31.6. The molecule has 2 aliphatic rings. The van der Waals surface area contributed by atoms with Crippen LogP contribution in [-0.4, -0.2) is 75.4 Å². The molecule has 1 atom stereocenters. The van der Waals surface area contributed by atoms with Crippen molar-refractivity contribution >= 4 is 52.4 Å². The number of aromatic carboxylic acids is 1. The number of aromatic nitrogens is 3. The molecular weight excluding hydrogens is 738 g/mol. The molecule has 0 radical (unpaired) electrons. The average Bonchev–Trinajstić information content (AvgIpc) is 3.80. The number of morpholine rings is 1. The number of ether oxygens (including phenoxy) is 2. The predicted molar refractivity (Wildman–Crippen MR) is 212 cm³/mol. The van der Waals surface area contributed by atoms with E-state index in [1.807, 2.05) is 6.92 Å². The van der Waals surface area contributed by atoms with E-state index in [4.69, 9.17) is 26.8 Å². The van der Waals surface area contributed by atoms with Gasteiger partial charge >= 0.3 is 11.9 Å². The minimum atomic E-state index is -1.37. The summed E-state index contributed by atoms with van der Waals surface area (Å²) in [4.78, 5) is 57.6. The largest absolute Gasteiger partial charge is 0.477 e. The second-order valence-electron chi connectivity index (χ2n) is 14.4. The molecule has 0 unspecified atom stereocenters. The second-order valence-corrected chi connectivity index (χ2v) is 14.8. The van der Waals surface area contributed by atoms with E-state index in [1.54, 1.807) is 57.2 Å². The Morgan fingerprint density at radius 3 is 2.45 bits per heavy atom. The molecule has 0 bridgehead atoms. The molecule has 1 aliphatic heterocycles. The van der Waals surface area contributed by atoms with Gasteiger partial charge in [0.05, 0.1) is 41.7 Å². The van der Waals surface area contributed by atoms with E-state index < -0.39 is 41.1 Å².